The van der Waals surface area contributed by atoms with Gasteiger partial charge in [0.05, 0.1) is 24.3 Å². The zero-order valence-electron chi connectivity index (χ0n) is 23.4. The molecular formula is C28H34N8O4. The van der Waals surface area contributed by atoms with Crippen molar-refractivity contribution in [3.63, 3.8) is 0 Å². The summed E-state index contributed by atoms with van der Waals surface area (Å²) < 4.78 is 8.56. The van der Waals surface area contributed by atoms with Gasteiger partial charge in [-0.25, -0.2) is 14.8 Å². The molecule has 0 spiro atoms. The second-order valence-electron chi connectivity index (χ2n) is 10.3. The van der Waals surface area contributed by atoms with Gasteiger partial charge in [0.1, 0.15) is 23.4 Å². The number of imidazole rings is 2. The predicted molar refractivity (Wildman–Crippen MR) is 152 cm³/mol. The van der Waals surface area contributed by atoms with Crippen LogP contribution in [0.3, 0.4) is 0 Å². The molecule has 2 heterocycles. The third kappa shape index (κ3) is 11.2. The van der Waals surface area contributed by atoms with E-state index in [-0.39, 0.29) is 5.69 Å². The molecule has 0 atom stereocenters. The zero-order valence-corrected chi connectivity index (χ0v) is 23.4. The van der Waals surface area contributed by atoms with E-state index < -0.39 is 23.2 Å². The number of azide groups is 1. The Hall–Kier alpha value is -4.93. The number of aromatic nitrogens is 4. The van der Waals surface area contributed by atoms with Crippen LogP contribution in [0.5, 0.6) is 0 Å². The Balaban J connectivity index is 0.000000243. The lowest BCUT2D eigenvalue weighted by atomic mass is 10.2. The normalized spacial score (nSPS) is 10.6. The first kappa shape index (κ1) is 31.3. The van der Waals surface area contributed by atoms with Gasteiger partial charge in [-0.3, -0.25) is 19.2 Å². The number of aliphatic hydroxyl groups is 1. The predicted octanol–water partition coefficient (Wildman–Crippen LogP) is 6.32. The summed E-state index contributed by atoms with van der Waals surface area (Å²) in [7, 11) is 0. The average Bonchev–Trinajstić information content (AvgIpc) is 3.53. The first-order valence-electron chi connectivity index (χ1n) is 12.3. The number of hydrogen-bond acceptors (Lipinski definition) is 6. The number of carbonyl (C=O) groups excluding carboxylic acids is 2. The van der Waals surface area contributed by atoms with Gasteiger partial charge in [0, 0.05) is 16.3 Å². The molecule has 4 aromatic rings. The third-order valence-electron chi connectivity index (χ3n) is 4.33. The molecule has 40 heavy (non-hydrogen) atoms. The van der Waals surface area contributed by atoms with Crippen molar-refractivity contribution < 1.29 is 19.4 Å². The first-order chi connectivity index (χ1) is 18.8. The maximum atomic E-state index is 11.7. The van der Waals surface area contributed by atoms with Crippen molar-refractivity contribution in [2.24, 2.45) is 5.11 Å². The van der Waals surface area contributed by atoms with E-state index >= 15 is 0 Å². The SMILES string of the molecule is CC(C)(C)O.CC(C)(C)OC(=O)Nc1cncn1-c1ccccc1.[N-]=[N+]=NC(=O)c1cncn1-c1ccccc1. The van der Waals surface area contributed by atoms with E-state index in [1.54, 1.807) is 42.4 Å². The highest BCUT2D eigenvalue weighted by molar-refractivity contribution is 5.93. The summed E-state index contributed by atoms with van der Waals surface area (Å²) in [5.74, 6) is -0.0793. The number of rotatable bonds is 4. The van der Waals surface area contributed by atoms with Crippen molar-refractivity contribution in [1.29, 1.82) is 0 Å². The highest BCUT2D eigenvalue weighted by atomic mass is 16.6. The van der Waals surface area contributed by atoms with Crippen molar-refractivity contribution in [3.8, 4) is 11.4 Å². The summed E-state index contributed by atoms with van der Waals surface area (Å²) in [6.45, 7) is 10.7. The van der Waals surface area contributed by atoms with E-state index in [0.717, 1.165) is 11.4 Å². The maximum absolute atomic E-state index is 11.7. The molecule has 2 aromatic heterocycles. The number of ether oxygens (including phenoxy) is 1. The van der Waals surface area contributed by atoms with Gasteiger partial charge in [-0.1, -0.05) is 36.4 Å². The number of nitrogens with zero attached hydrogens (tertiary/aromatic N) is 7. The minimum absolute atomic E-state index is 0.240. The van der Waals surface area contributed by atoms with E-state index in [4.69, 9.17) is 15.4 Å². The number of carbonyl (C=O) groups is 2. The Morgan fingerprint density at radius 3 is 1.85 bits per heavy atom. The number of hydrogen-bond donors (Lipinski definition) is 2. The van der Waals surface area contributed by atoms with Gasteiger partial charge in [-0.05, 0) is 76.5 Å². The Morgan fingerprint density at radius 1 is 0.875 bits per heavy atom. The van der Waals surface area contributed by atoms with Gasteiger partial charge in [0.15, 0.2) is 0 Å². The molecule has 12 nitrogen and oxygen atoms in total. The molecule has 0 radical (unpaired) electrons. The van der Waals surface area contributed by atoms with Crippen LogP contribution in [0.1, 0.15) is 52.0 Å². The van der Waals surface area contributed by atoms with Gasteiger partial charge in [0.2, 0.25) is 0 Å². The van der Waals surface area contributed by atoms with Crippen LogP contribution in [0.4, 0.5) is 10.6 Å². The molecule has 0 aliphatic rings. The van der Waals surface area contributed by atoms with E-state index in [1.807, 2.05) is 81.4 Å². The molecule has 0 bridgehead atoms. The van der Waals surface area contributed by atoms with Crippen LogP contribution in [0.25, 0.3) is 21.8 Å². The lowest BCUT2D eigenvalue weighted by Crippen LogP contribution is -2.27. The van der Waals surface area contributed by atoms with E-state index in [2.05, 4.69) is 25.3 Å². The highest BCUT2D eigenvalue weighted by Gasteiger charge is 2.17. The minimum Gasteiger partial charge on any atom is -0.444 e. The smallest absolute Gasteiger partial charge is 0.413 e. The number of nitrogens with one attached hydrogen (secondary N) is 1. The van der Waals surface area contributed by atoms with Gasteiger partial charge in [-0.15, -0.1) is 0 Å². The summed E-state index contributed by atoms with van der Waals surface area (Å²) in [5, 5.41) is 14.2. The molecule has 12 heteroatoms. The second-order valence-corrected chi connectivity index (χ2v) is 10.3. The molecule has 0 unspecified atom stereocenters. The molecule has 2 amide bonds. The van der Waals surface area contributed by atoms with E-state index in [0.29, 0.717) is 5.82 Å². The monoisotopic (exact) mass is 546 g/mol. The third-order valence-corrected chi connectivity index (χ3v) is 4.33. The standard InChI is InChI=1S/C14H17N3O2.C10H7N5O.C4H10O/c1-14(2,3)19-13(18)16-12-9-15-10-17(12)11-7-5-4-6-8-11;11-14-13-10(16)9-6-12-7-15(9)8-4-2-1-3-5-8;1-4(2,3)5/h4-10H,1-3H3,(H,16,18);1-7H;5H,1-3H3. The molecule has 4 rings (SSSR count). The fraction of sp³-hybridized carbons (Fsp3) is 0.286. The molecule has 0 fully saturated rings. The Morgan fingerprint density at radius 2 is 1.35 bits per heavy atom. The summed E-state index contributed by atoms with van der Waals surface area (Å²) in [5.41, 5.74) is 9.13. The van der Waals surface area contributed by atoms with Crippen LogP contribution in [0, 0.1) is 0 Å². The highest BCUT2D eigenvalue weighted by Crippen LogP contribution is 2.16. The Bertz CT molecular complexity index is 1410. The Labute approximate surface area is 232 Å². The molecule has 0 aliphatic carbocycles. The van der Waals surface area contributed by atoms with Crippen LogP contribution in [-0.4, -0.2) is 47.4 Å². The van der Waals surface area contributed by atoms with Crippen LogP contribution in [-0.2, 0) is 4.74 Å². The van der Waals surface area contributed by atoms with Crippen molar-refractivity contribution in [2.45, 2.75) is 52.7 Å². The lowest BCUT2D eigenvalue weighted by Gasteiger charge is -2.19. The molecule has 0 saturated carbocycles. The molecule has 2 aromatic carbocycles. The fourth-order valence-electron chi connectivity index (χ4n) is 2.93. The number of amides is 2. The Kier molecular flexibility index (Phi) is 11.2. The second kappa shape index (κ2) is 14.3. The molecular weight excluding hydrogens is 512 g/mol. The van der Waals surface area contributed by atoms with Gasteiger partial charge in [0.25, 0.3) is 5.91 Å². The molecule has 0 saturated heterocycles. The van der Waals surface area contributed by atoms with Crippen LogP contribution in [0.15, 0.2) is 90.8 Å². The van der Waals surface area contributed by atoms with Crippen LogP contribution in [0.2, 0.25) is 0 Å². The zero-order chi connectivity index (χ0) is 29.8. The van der Waals surface area contributed by atoms with Crippen molar-refractivity contribution >= 4 is 17.8 Å². The fourth-order valence-corrected chi connectivity index (χ4v) is 2.93. The van der Waals surface area contributed by atoms with E-state index in [9.17, 15) is 9.59 Å². The number of benzene rings is 2. The number of anilines is 1. The van der Waals surface area contributed by atoms with Gasteiger partial charge < -0.3 is 9.84 Å². The van der Waals surface area contributed by atoms with Gasteiger partial charge >= 0.3 is 6.09 Å². The quantitative estimate of drug-likeness (QED) is 0.173. The van der Waals surface area contributed by atoms with Crippen molar-refractivity contribution in [3.05, 3.63) is 102 Å². The van der Waals surface area contributed by atoms with Crippen molar-refractivity contribution in [1.82, 2.24) is 19.1 Å². The van der Waals surface area contributed by atoms with Gasteiger partial charge in [-0.2, -0.15) is 0 Å². The van der Waals surface area contributed by atoms with Crippen LogP contribution < -0.4 is 5.32 Å². The first-order valence-corrected chi connectivity index (χ1v) is 12.3. The molecule has 210 valence electrons. The topological polar surface area (TPSA) is 160 Å². The average molecular weight is 547 g/mol. The molecule has 2 N–H and O–H groups in total. The maximum Gasteiger partial charge on any atom is 0.413 e. The molecule has 0 aliphatic heterocycles. The van der Waals surface area contributed by atoms with E-state index in [1.165, 1.54) is 12.5 Å². The summed E-state index contributed by atoms with van der Waals surface area (Å²) in [6, 6.07) is 18.9. The summed E-state index contributed by atoms with van der Waals surface area (Å²) in [6.07, 6.45) is 5.59. The summed E-state index contributed by atoms with van der Waals surface area (Å²) in [4.78, 5) is 33.5. The minimum atomic E-state index is -0.649. The number of para-hydroxylation sites is 2. The largest absolute Gasteiger partial charge is 0.444 e. The van der Waals surface area contributed by atoms with Crippen molar-refractivity contribution in [2.75, 3.05) is 5.32 Å². The van der Waals surface area contributed by atoms with Crippen LogP contribution >= 0.6 is 0 Å². The lowest BCUT2D eigenvalue weighted by molar-refractivity contribution is 0.0634. The summed E-state index contributed by atoms with van der Waals surface area (Å²) >= 11 is 0.